The Labute approximate surface area is 143 Å². The van der Waals surface area contributed by atoms with Crippen LogP contribution in [0.3, 0.4) is 0 Å². The van der Waals surface area contributed by atoms with E-state index in [-0.39, 0.29) is 23.8 Å². The van der Waals surface area contributed by atoms with E-state index in [1.165, 1.54) is 0 Å². The number of nitrogens with zero attached hydrogens (tertiary/aromatic N) is 2. The number of amides is 2. The summed E-state index contributed by atoms with van der Waals surface area (Å²) in [6.07, 6.45) is 2.23. The number of hydrogen-bond donors (Lipinski definition) is 1. The molecular weight excluding hydrogens is 304 g/mol. The third kappa shape index (κ3) is 3.46. The predicted molar refractivity (Wildman–Crippen MR) is 91.1 cm³/mol. The van der Waals surface area contributed by atoms with Gasteiger partial charge in [-0.1, -0.05) is 30.3 Å². The quantitative estimate of drug-likeness (QED) is 0.898. The molecule has 1 aromatic carbocycles. The van der Waals surface area contributed by atoms with E-state index in [0.717, 1.165) is 24.9 Å². The second-order valence-electron chi connectivity index (χ2n) is 6.82. The van der Waals surface area contributed by atoms with Crippen molar-refractivity contribution in [2.24, 2.45) is 5.92 Å². The molecule has 1 N–H and O–H groups in total. The molecule has 2 amide bonds. The van der Waals surface area contributed by atoms with Crippen LogP contribution in [0, 0.1) is 5.92 Å². The van der Waals surface area contributed by atoms with Crippen LogP contribution in [0.15, 0.2) is 30.3 Å². The van der Waals surface area contributed by atoms with Crippen LogP contribution in [-0.2, 0) is 9.59 Å². The highest BCUT2D eigenvalue weighted by molar-refractivity contribution is 5.89. The lowest BCUT2D eigenvalue weighted by Crippen LogP contribution is -2.41. The lowest BCUT2D eigenvalue weighted by atomic mass is 9.99. The van der Waals surface area contributed by atoms with Crippen molar-refractivity contribution in [1.82, 2.24) is 9.80 Å². The van der Waals surface area contributed by atoms with E-state index in [9.17, 15) is 14.7 Å². The van der Waals surface area contributed by atoms with Crippen molar-refractivity contribution in [1.29, 1.82) is 0 Å². The maximum atomic E-state index is 12.8. The SMILES string of the molecule is CCN1C[C@H](C(=O)N2CCC[C@@H]2C[C@@H](O)c2ccccc2)CC1=O. The molecule has 2 fully saturated rings. The van der Waals surface area contributed by atoms with Crippen LogP contribution < -0.4 is 0 Å². The number of rotatable bonds is 5. The van der Waals surface area contributed by atoms with E-state index >= 15 is 0 Å². The van der Waals surface area contributed by atoms with Gasteiger partial charge in [0.1, 0.15) is 0 Å². The fourth-order valence-electron chi connectivity index (χ4n) is 3.92. The van der Waals surface area contributed by atoms with Gasteiger partial charge in [-0.15, -0.1) is 0 Å². The standard InChI is InChI=1S/C19H26N2O3/c1-2-20-13-15(11-18(20)23)19(24)21-10-6-9-16(21)12-17(22)14-7-4-3-5-8-14/h3-5,7-8,15-17,22H,2,6,9-13H2,1H3/t15-,16-,17-/m1/s1. The molecule has 0 saturated carbocycles. The first-order valence-corrected chi connectivity index (χ1v) is 8.91. The summed E-state index contributed by atoms with van der Waals surface area (Å²) in [5, 5.41) is 10.5. The first-order chi connectivity index (χ1) is 11.6. The van der Waals surface area contributed by atoms with Gasteiger partial charge in [0.25, 0.3) is 0 Å². The van der Waals surface area contributed by atoms with Gasteiger partial charge in [-0.25, -0.2) is 0 Å². The van der Waals surface area contributed by atoms with Gasteiger partial charge < -0.3 is 14.9 Å². The molecule has 2 aliphatic heterocycles. The van der Waals surface area contributed by atoms with E-state index in [1.54, 1.807) is 4.90 Å². The van der Waals surface area contributed by atoms with Crippen LogP contribution in [0.25, 0.3) is 0 Å². The third-order valence-corrected chi connectivity index (χ3v) is 5.29. The molecule has 2 aliphatic rings. The normalized spacial score (nSPS) is 25.3. The summed E-state index contributed by atoms with van der Waals surface area (Å²) >= 11 is 0. The number of benzene rings is 1. The molecule has 130 valence electrons. The minimum absolute atomic E-state index is 0.0680. The second-order valence-corrected chi connectivity index (χ2v) is 6.82. The van der Waals surface area contributed by atoms with Gasteiger partial charge in [0, 0.05) is 32.1 Å². The van der Waals surface area contributed by atoms with Crippen LogP contribution in [0.1, 0.15) is 44.3 Å². The first-order valence-electron chi connectivity index (χ1n) is 8.91. The molecule has 0 aromatic heterocycles. The average Bonchev–Trinajstić information content (AvgIpc) is 3.21. The Morgan fingerprint density at radius 1 is 1.33 bits per heavy atom. The fourth-order valence-corrected chi connectivity index (χ4v) is 3.92. The van der Waals surface area contributed by atoms with E-state index < -0.39 is 6.10 Å². The van der Waals surface area contributed by atoms with E-state index in [1.807, 2.05) is 42.2 Å². The average molecular weight is 330 g/mol. The molecule has 24 heavy (non-hydrogen) atoms. The molecule has 0 unspecified atom stereocenters. The van der Waals surface area contributed by atoms with Crippen molar-refractivity contribution in [2.75, 3.05) is 19.6 Å². The van der Waals surface area contributed by atoms with Crippen molar-refractivity contribution in [3.05, 3.63) is 35.9 Å². The molecule has 3 atom stereocenters. The van der Waals surface area contributed by atoms with Crippen LogP contribution in [0.4, 0.5) is 0 Å². The minimum Gasteiger partial charge on any atom is -0.388 e. The molecular formula is C19H26N2O3. The smallest absolute Gasteiger partial charge is 0.228 e. The predicted octanol–water partition coefficient (Wildman–Crippen LogP) is 1.97. The van der Waals surface area contributed by atoms with Gasteiger partial charge >= 0.3 is 0 Å². The van der Waals surface area contributed by atoms with Gasteiger partial charge in [-0.2, -0.15) is 0 Å². The first kappa shape index (κ1) is 17.0. The Bertz CT molecular complexity index is 590. The van der Waals surface area contributed by atoms with E-state index in [0.29, 0.717) is 25.9 Å². The van der Waals surface area contributed by atoms with Crippen molar-refractivity contribution >= 4 is 11.8 Å². The highest BCUT2D eigenvalue weighted by Gasteiger charge is 2.39. The maximum Gasteiger partial charge on any atom is 0.228 e. The Morgan fingerprint density at radius 2 is 2.08 bits per heavy atom. The number of likely N-dealkylation sites (tertiary alicyclic amines) is 2. The molecule has 2 saturated heterocycles. The number of carbonyl (C=O) groups excluding carboxylic acids is 2. The summed E-state index contributed by atoms with van der Waals surface area (Å²) in [6, 6.07) is 9.66. The summed E-state index contributed by atoms with van der Waals surface area (Å²) in [5.74, 6) is -0.0510. The Balaban J connectivity index is 1.63. The van der Waals surface area contributed by atoms with Gasteiger partial charge in [-0.05, 0) is 31.7 Å². The largest absolute Gasteiger partial charge is 0.388 e. The van der Waals surface area contributed by atoms with Crippen molar-refractivity contribution in [3.8, 4) is 0 Å². The van der Waals surface area contributed by atoms with Crippen molar-refractivity contribution in [2.45, 2.75) is 44.8 Å². The molecule has 2 heterocycles. The minimum atomic E-state index is -0.554. The number of carbonyl (C=O) groups is 2. The monoisotopic (exact) mass is 330 g/mol. The number of aliphatic hydroxyl groups excluding tert-OH is 1. The van der Waals surface area contributed by atoms with Gasteiger partial charge in [-0.3, -0.25) is 9.59 Å². The molecule has 5 nitrogen and oxygen atoms in total. The van der Waals surface area contributed by atoms with E-state index in [4.69, 9.17) is 0 Å². The van der Waals surface area contributed by atoms with Crippen molar-refractivity contribution < 1.29 is 14.7 Å². The molecule has 0 bridgehead atoms. The maximum absolute atomic E-state index is 12.8. The number of hydrogen-bond acceptors (Lipinski definition) is 3. The molecule has 0 spiro atoms. The highest BCUT2D eigenvalue weighted by atomic mass is 16.3. The zero-order chi connectivity index (χ0) is 17.1. The van der Waals surface area contributed by atoms with Crippen molar-refractivity contribution in [3.63, 3.8) is 0 Å². The van der Waals surface area contributed by atoms with Gasteiger partial charge in [0.05, 0.1) is 12.0 Å². The molecule has 0 aliphatic carbocycles. The fraction of sp³-hybridized carbons (Fsp3) is 0.579. The molecule has 5 heteroatoms. The summed E-state index contributed by atoms with van der Waals surface area (Å²) in [5.41, 5.74) is 0.894. The van der Waals surface area contributed by atoms with Crippen LogP contribution in [-0.4, -0.2) is 52.4 Å². The summed E-state index contributed by atoms with van der Waals surface area (Å²) in [7, 11) is 0. The van der Waals surface area contributed by atoms with E-state index in [2.05, 4.69) is 0 Å². The summed E-state index contributed by atoms with van der Waals surface area (Å²) in [6.45, 7) is 3.89. The van der Waals surface area contributed by atoms with Crippen LogP contribution in [0.2, 0.25) is 0 Å². The Kier molecular flexibility index (Phi) is 5.19. The lowest BCUT2D eigenvalue weighted by molar-refractivity contribution is -0.137. The molecule has 3 rings (SSSR count). The zero-order valence-corrected chi connectivity index (χ0v) is 14.2. The van der Waals surface area contributed by atoms with Crippen LogP contribution >= 0.6 is 0 Å². The van der Waals surface area contributed by atoms with Gasteiger partial charge in [0.15, 0.2) is 0 Å². The van der Waals surface area contributed by atoms with Gasteiger partial charge in [0.2, 0.25) is 11.8 Å². The number of aliphatic hydroxyl groups is 1. The zero-order valence-electron chi connectivity index (χ0n) is 14.2. The topological polar surface area (TPSA) is 60.9 Å². The Hall–Kier alpha value is -1.88. The summed E-state index contributed by atoms with van der Waals surface area (Å²) in [4.78, 5) is 28.4. The second kappa shape index (κ2) is 7.34. The lowest BCUT2D eigenvalue weighted by Gasteiger charge is -2.29. The molecule has 0 radical (unpaired) electrons. The Morgan fingerprint density at radius 3 is 2.75 bits per heavy atom. The molecule has 1 aromatic rings. The van der Waals surface area contributed by atoms with Crippen LogP contribution in [0.5, 0.6) is 0 Å². The highest BCUT2D eigenvalue weighted by Crippen LogP contribution is 2.30. The third-order valence-electron chi connectivity index (χ3n) is 5.29. The summed E-state index contributed by atoms with van der Waals surface area (Å²) < 4.78 is 0.